The molecule has 1 amide bonds. The Morgan fingerprint density at radius 1 is 1.31 bits per heavy atom. The lowest BCUT2D eigenvalue weighted by molar-refractivity contribution is -0.119. The van der Waals surface area contributed by atoms with Gasteiger partial charge in [0.05, 0.1) is 22.5 Å². The number of pyridine rings is 1. The van der Waals surface area contributed by atoms with Gasteiger partial charge >= 0.3 is 0 Å². The zero-order valence-corrected chi connectivity index (χ0v) is 18.0. The van der Waals surface area contributed by atoms with Crippen LogP contribution >= 0.6 is 22.9 Å². The summed E-state index contributed by atoms with van der Waals surface area (Å²) >= 11 is 7.58. The van der Waals surface area contributed by atoms with Crippen LogP contribution in [-0.2, 0) is 22.6 Å². The van der Waals surface area contributed by atoms with E-state index < -0.39 is 11.9 Å². The second-order valence-electron chi connectivity index (χ2n) is 6.71. The highest BCUT2D eigenvalue weighted by Gasteiger charge is 2.14. The number of aromatic nitrogens is 1. The zero-order chi connectivity index (χ0) is 21.0. The van der Waals surface area contributed by atoms with Crippen LogP contribution in [0.3, 0.4) is 0 Å². The molecule has 0 bridgehead atoms. The first kappa shape index (κ1) is 21.5. The van der Waals surface area contributed by atoms with Gasteiger partial charge < -0.3 is 20.4 Å². The van der Waals surface area contributed by atoms with Gasteiger partial charge in [0.15, 0.2) is 0 Å². The van der Waals surface area contributed by atoms with Gasteiger partial charge in [-0.1, -0.05) is 23.7 Å². The summed E-state index contributed by atoms with van der Waals surface area (Å²) in [7, 11) is 0. The van der Waals surface area contributed by atoms with E-state index in [-0.39, 0.29) is 12.1 Å². The summed E-state index contributed by atoms with van der Waals surface area (Å²) in [6.07, 6.45) is 0. The van der Waals surface area contributed by atoms with E-state index in [1.54, 1.807) is 11.5 Å². The van der Waals surface area contributed by atoms with Crippen LogP contribution in [0.4, 0.5) is 0 Å². The predicted octanol–water partition coefficient (Wildman–Crippen LogP) is 3.38. The maximum absolute atomic E-state index is 13.1. The molecular weight excluding hydrogens is 410 g/mol. The summed E-state index contributed by atoms with van der Waals surface area (Å²) in [5.74, 6) is -0.457. The molecule has 8 heteroatoms. The highest BCUT2D eigenvalue weighted by Crippen LogP contribution is 2.32. The average molecular weight is 434 g/mol. The van der Waals surface area contributed by atoms with E-state index in [4.69, 9.17) is 22.1 Å². The molecule has 2 aromatic heterocycles. The molecule has 0 aliphatic carbocycles. The predicted molar refractivity (Wildman–Crippen MR) is 119 cm³/mol. The number of primary amides is 1. The zero-order valence-electron chi connectivity index (χ0n) is 16.4. The Kier molecular flexibility index (Phi) is 7.08. The minimum absolute atomic E-state index is 0.109. The number of nitrogens with one attached hydrogen (secondary N) is 1. The van der Waals surface area contributed by atoms with E-state index in [0.29, 0.717) is 25.3 Å². The molecule has 1 aromatic carbocycles. The molecule has 3 rings (SSSR count). The Morgan fingerprint density at radius 3 is 2.76 bits per heavy atom. The number of ether oxygens (including phenoxy) is 1. The average Bonchev–Trinajstić information content (AvgIpc) is 3.14. The number of carbonyl (C=O) groups is 1. The Bertz CT molecular complexity index is 1080. The molecule has 0 spiro atoms. The number of hydrogen-bond acceptors (Lipinski definition) is 5. The summed E-state index contributed by atoms with van der Waals surface area (Å²) < 4.78 is 7.93. The molecule has 29 heavy (non-hydrogen) atoms. The molecule has 0 aliphatic rings. The normalized spacial score (nSPS) is 12.4. The van der Waals surface area contributed by atoms with Crippen molar-refractivity contribution < 1.29 is 9.53 Å². The highest BCUT2D eigenvalue weighted by molar-refractivity contribution is 7.19. The lowest BCUT2D eigenvalue weighted by Gasteiger charge is -2.15. The first-order chi connectivity index (χ1) is 13.9. The van der Waals surface area contributed by atoms with E-state index >= 15 is 0 Å². The maximum Gasteiger partial charge on any atom is 0.255 e. The van der Waals surface area contributed by atoms with Crippen molar-refractivity contribution in [2.24, 2.45) is 5.73 Å². The standard InChI is InChI=1S/C21H24ClN3O3S/c1-3-28-9-8-25-17-11-15(18-6-7-19(22)29-18)5-4-14(17)10-16(21(25)27)12-24-13(2)20(23)26/h4-7,10-11,13,24H,3,8-9,12H2,1-2H3,(H2,23,26). The minimum Gasteiger partial charge on any atom is -0.380 e. The van der Waals surface area contributed by atoms with Crippen molar-refractivity contribution in [1.29, 1.82) is 0 Å². The number of nitrogens with zero attached hydrogens (tertiary/aromatic N) is 1. The quantitative estimate of drug-likeness (QED) is 0.506. The lowest BCUT2D eigenvalue weighted by Crippen LogP contribution is -2.39. The van der Waals surface area contributed by atoms with Crippen molar-refractivity contribution in [2.75, 3.05) is 13.2 Å². The monoisotopic (exact) mass is 433 g/mol. The third kappa shape index (κ3) is 5.05. The number of amides is 1. The second-order valence-corrected chi connectivity index (χ2v) is 8.42. The lowest BCUT2D eigenvalue weighted by atomic mass is 10.1. The molecule has 1 unspecified atom stereocenters. The molecule has 0 radical (unpaired) electrons. The summed E-state index contributed by atoms with van der Waals surface area (Å²) in [4.78, 5) is 25.5. The molecule has 3 N–H and O–H groups in total. The van der Waals surface area contributed by atoms with Crippen LogP contribution in [0.1, 0.15) is 19.4 Å². The molecule has 6 nitrogen and oxygen atoms in total. The van der Waals surface area contributed by atoms with Crippen molar-refractivity contribution in [1.82, 2.24) is 9.88 Å². The number of fused-ring (bicyclic) bond motifs is 1. The Hall–Kier alpha value is -2.19. The van der Waals surface area contributed by atoms with Gasteiger partial charge in [0, 0.05) is 30.1 Å². The fourth-order valence-corrected chi connectivity index (χ4v) is 4.11. The minimum atomic E-state index is -0.520. The van der Waals surface area contributed by atoms with Crippen molar-refractivity contribution >= 4 is 39.7 Å². The molecule has 2 heterocycles. The van der Waals surface area contributed by atoms with Crippen LogP contribution in [0.15, 0.2) is 41.2 Å². The largest absolute Gasteiger partial charge is 0.380 e. The van der Waals surface area contributed by atoms with Gasteiger partial charge in [0.25, 0.3) is 5.56 Å². The van der Waals surface area contributed by atoms with Gasteiger partial charge in [-0.15, -0.1) is 11.3 Å². The summed E-state index contributed by atoms with van der Waals surface area (Å²) in [5.41, 5.74) is 7.62. The molecule has 1 atom stereocenters. The Morgan fingerprint density at radius 2 is 2.10 bits per heavy atom. The van der Waals surface area contributed by atoms with E-state index in [2.05, 4.69) is 5.32 Å². The molecule has 0 fully saturated rings. The molecular formula is C21H24ClN3O3S. The van der Waals surface area contributed by atoms with Crippen molar-refractivity contribution in [3.8, 4) is 10.4 Å². The van der Waals surface area contributed by atoms with E-state index in [1.807, 2.05) is 43.3 Å². The van der Waals surface area contributed by atoms with E-state index in [1.165, 1.54) is 11.3 Å². The van der Waals surface area contributed by atoms with Crippen LogP contribution in [0.5, 0.6) is 0 Å². The molecule has 0 saturated heterocycles. The van der Waals surface area contributed by atoms with Crippen molar-refractivity contribution in [2.45, 2.75) is 33.0 Å². The molecule has 0 aliphatic heterocycles. The first-order valence-electron chi connectivity index (χ1n) is 9.43. The number of nitrogens with two attached hydrogens (primary N) is 1. The van der Waals surface area contributed by atoms with Crippen LogP contribution in [0.2, 0.25) is 4.34 Å². The molecule has 154 valence electrons. The molecule has 0 saturated carbocycles. The number of hydrogen-bond donors (Lipinski definition) is 2. The summed E-state index contributed by atoms with van der Waals surface area (Å²) in [6.45, 7) is 5.32. The Labute approximate surface area is 178 Å². The number of benzene rings is 1. The number of rotatable bonds is 9. The van der Waals surface area contributed by atoms with Gasteiger partial charge in [0.2, 0.25) is 5.91 Å². The molecule has 3 aromatic rings. The summed E-state index contributed by atoms with van der Waals surface area (Å²) in [5, 5.41) is 3.95. The first-order valence-corrected chi connectivity index (χ1v) is 10.6. The van der Waals surface area contributed by atoms with Gasteiger partial charge in [-0.3, -0.25) is 9.59 Å². The maximum atomic E-state index is 13.1. The van der Waals surface area contributed by atoms with Crippen LogP contribution in [0.25, 0.3) is 21.3 Å². The fraction of sp³-hybridized carbons (Fsp3) is 0.333. The summed E-state index contributed by atoms with van der Waals surface area (Å²) in [6, 6.07) is 11.2. The third-order valence-corrected chi connectivity index (χ3v) is 6.00. The van der Waals surface area contributed by atoms with Gasteiger partial charge in [-0.2, -0.15) is 0 Å². The van der Waals surface area contributed by atoms with Gasteiger partial charge in [-0.05, 0) is 49.1 Å². The third-order valence-electron chi connectivity index (χ3n) is 4.72. The van der Waals surface area contributed by atoms with E-state index in [9.17, 15) is 9.59 Å². The topological polar surface area (TPSA) is 86.3 Å². The van der Waals surface area contributed by atoms with Crippen LogP contribution in [-0.4, -0.2) is 29.7 Å². The Balaban J connectivity index is 2.04. The van der Waals surface area contributed by atoms with Gasteiger partial charge in [0.1, 0.15) is 0 Å². The highest BCUT2D eigenvalue weighted by atomic mass is 35.5. The fourth-order valence-electron chi connectivity index (χ4n) is 3.07. The SMILES string of the molecule is CCOCCn1c(=O)c(CNC(C)C(N)=O)cc2ccc(-c3ccc(Cl)s3)cc21. The number of carbonyl (C=O) groups excluding carboxylic acids is 1. The van der Waals surface area contributed by atoms with Crippen molar-refractivity contribution in [3.05, 3.63) is 56.7 Å². The van der Waals surface area contributed by atoms with Crippen molar-refractivity contribution in [3.63, 3.8) is 0 Å². The van der Waals surface area contributed by atoms with Crippen LogP contribution < -0.4 is 16.6 Å². The van der Waals surface area contributed by atoms with Gasteiger partial charge in [-0.25, -0.2) is 0 Å². The van der Waals surface area contributed by atoms with E-state index in [0.717, 1.165) is 25.7 Å². The smallest absolute Gasteiger partial charge is 0.255 e. The number of halogens is 1. The second kappa shape index (κ2) is 9.54. The number of thiophene rings is 1. The van der Waals surface area contributed by atoms with Crippen LogP contribution in [0, 0.1) is 0 Å².